The van der Waals surface area contributed by atoms with Crippen LogP contribution in [0.1, 0.15) is 57.7 Å². The van der Waals surface area contributed by atoms with Crippen molar-refractivity contribution in [3.8, 4) is 0 Å². The van der Waals surface area contributed by atoms with Gasteiger partial charge in [-0.1, -0.05) is 24.3 Å². The summed E-state index contributed by atoms with van der Waals surface area (Å²) in [5, 5.41) is 0. The molecule has 0 aliphatic heterocycles. The molecule has 0 radical (unpaired) electrons. The van der Waals surface area contributed by atoms with Crippen molar-refractivity contribution in [2.45, 2.75) is 67.0 Å². The summed E-state index contributed by atoms with van der Waals surface area (Å²) in [7, 11) is 0. The van der Waals surface area contributed by atoms with Crippen LogP contribution in [0.2, 0.25) is 0 Å². The Morgan fingerprint density at radius 3 is 1.95 bits per heavy atom. The second kappa shape index (κ2) is 7.64. The summed E-state index contributed by atoms with van der Waals surface area (Å²) in [4.78, 5) is 2.57. The Balaban J connectivity index is 2.89. The van der Waals surface area contributed by atoms with Gasteiger partial charge in [0.2, 0.25) is 0 Å². The molecule has 0 aliphatic rings. The minimum atomic E-state index is 0.603. The number of benzene rings is 1. The zero-order valence-corrected chi connectivity index (χ0v) is 14.3. The van der Waals surface area contributed by atoms with E-state index < -0.39 is 0 Å². The first-order chi connectivity index (χ1) is 9.38. The third-order valence-electron chi connectivity index (χ3n) is 4.12. The predicted molar refractivity (Wildman–Crippen MR) is 91.2 cm³/mol. The lowest BCUT2D eigenvalue weighted by molar-refractivity contribution is 0.179. The topological polar surface area (TPSA) is 3.24 Å². The SMILES string of the molecule is C/C=C(/CCN(C(C)C)C(C)C)c1c(C)cccc1C. The van der Waals surface area contributed by atoms with E-state index >= 15 is 0 Å². The van der Waals surface area contributed by atoms with Gasteiger partial charge in [-0.3, -0.25) is 4.90 Å². The van der Waals surface area contributed by atoms with Gasteiger partial charge in [0, 0.05) is 18.6 Å². The van der Waals surface area contributed by atoms with Crippen LogP contribution >= 0.6 is 0 Å². The third-order valence-corrected chi connectivity index (χ3v) is 4.12. The smallest absolute Gasteiger partial charge is 0.00414 e. The number of allylic oxidation sites excluding steroid dienone is 1. The number of hydrogen-bond donors (Lipinski definition) is 0. The first-order valence-electron chi connectivity index (χ1n) is 7.86. The molecule has 0 heterocycles. The zero-order valence-electron chi connectivity index (χ0n) is 14.3. The first kappa shape index (κ1) is 17.0. The number of hydrogen-bond acceptors (Lipinski definition) is 1. The van der Waals surface area contributed by atoms with Crippen molar-refractivity contribution in [1.82, 2.24) is 4.90 Å². The molecular weight excluding hydrogens is 242 g/mol. The van der Waals surface area contributed by atoms with E-state index in [2.05, 4.69) is 77.6 Å². The molecule has 1 heteroatoms. The van der Waals surface area contributed by atoms with Crippen molar-refractivity contribution in [3.05, 3.63) is 41.0 Å². The second-order valence-corrected chi connectivity index (χ2v) is 6.26. The Bertz CT molecular complexity index is 427. The lowest BCUT2D eigenvalue weighted by Gasteiger charge is -2.31. The molecule has 0 saturated heterocycles. The van der Waals surface area contributed by atoms with E-state index in [0.717, 1.165) is 13.0 Å². The van der Waals surface area contributed by atoms with Crippen molar-refractivity contribution >= 4 is 5.57 Å². The highest BCUT2D eigenvalue weighted by Gasteiger charge is 2.15. The van der Waals surface area contributed by atoms with Gasteiger partial charge < -0.3 is 0 Å². The highest BCUT2D eigenvalue weighted by Crippen LogP contribution is 2.26. The van der Waals surface area contributed by atoms with Crippen molar-refractivity contribution < 1.29 is 0 Å². The maximum atomic E-state index is 2.57. The van der Waals surface area contributed by atoms with E-state index in [-0.39, 0.29) is 0 Å². The number of nitrogens with zero attached hydrogens (tertiary/aromatic N) is 1. The molecule has 0 unspecified atom stereocenters. The fraction of sp³-hybridized carbons (Fsp3) is 0.579. The number of rotatable bonds is 6. The van der Waals surface area contributed by atoms with Crippen molar-refractivity contribution in [1.29, 1.82) is 0 Å². The molecule has 0 aromatic heterocycles. The normalized spacial score (nSPS) is 12.8. The molecule has 0 bridgehead atoms. The van der Waals surface area contributed by atoms with Crippen LogP contribution in [0, 0.1) is 13.8 Å². The molecule has 1 aromatic carbocycles. The summed E-state index contributed by atoms with van der Waals surface area (Å²) in [6.45, 7) is 16.9. The Labute approximate surface area is 125 Å². The maximum Gasteiger partial charge on any atom is 0.00414 e. The molecule has 112 valence electrons. The Hall–Kier alpha value is -1.08. The van der Waals surface area contributed by atoms with Crippen molar-refractivity contribution in [2.75, 3.05) is 6.54 Å². The van der Waals surface area contributed by atoms with Gasteiger partial charge in [0.15, 0.2) is 0 Å². The van der Waals surface area contributed by atoms with Gasteiger partial charge in [0.05, 0.1) is 0 Å². The van der Waals surface area contributed by atoms with Crippen LogP contribution in [0.5, 0.6) is 0 Å². The van der Waals surface area contributed by atoms with Gasteiger partial charge in [-0.25, -0.2) is 0 Å². The van der Waals surface area contributed by atoms with Crippen LogP contribution in [0.15, 0.2) is 24.3 Å². The van der Waals surface area contributed by atoms with Crippen molar-refractivity contribution in [2.24, 2.45) is 0 Å². The molecule has 0 atom stereocenters. The molecular formula is C19H31N. The minimum absolute atomic E-state index is 0.603. The average Bonchev–Trinajstić information content (AvgIpc) is 2.35. The molecule has 0 spiro atoms. The fourth-order valence-electron chi connectivity index (χ4n) is 3.10. The van der Waals surface area contributed by atoms with Crippen molar-refractivity contribution in [3.63, 3.8) is 0 Å². The molecule has 0 aliphatic carbocycles. The third kappa shape index (κ3) is 4.21. The summed E-state index contributed by atoms with van der Waals surface area (Å²) >= 11 is 0. The van der Waals surface area contributed by atoms with E-state index in [1.165, 1.54) is 22.3 Å². The summed E-state index contributed by atoms with van der Waals surface area (Å²) in [5.41, 5.74) is 5.70. The monoisotopic (exact) mass is 273 g/mol. The molecule has 0 saturated carbocycles. The lowest BCUT2D eigenvalue weighted by Crippen LogP contribution is -2.37. The van der Waals surface area contributed by atoms with Gasteiger partial charge >= 0.3 is 0 Å². The molecule has 1 nitrogen and oxygen atoms in total. The van der Waals surface area contributed by atoms with Gasteiger partial charge in [0.1, 0.15) is 0 Å². The largest absolute Gasteiger partial charge is 0.298 e. The quantitative estimate of drug-likeness (QED) is 0.687. The summed E-state index contributed by atoms with van der Waals surface area (Å²) in [6, 6.07) is 7.79. The fourth-order valence-corrected chi connectivity index (χ4v) is 3.10. The van der Waals surface area contributed by atoms with Crippen LogP contribution in [0.3, 0.4) is 0 Å². The van der Waals surface area contributed by atoms with E-state index in [4.69, 9.17) is 0 Å². The van der Waals surface area contributed by atoms with Crippen LogP contribution in [-0.2, 0) is 0 Å². The first-order valence-corrected chi connectivity index (χ1v) is 7.86. The summed E-state index contributed by atoms with van der Waals surface area (Å²) < 4.78 is 0. The van der Waals surface area contributed by atoms with Crippen LogP contribution < -0.4 is 0 Å². The molecule has 0 fully saturated rings. The van der Waals surface area contributed by atoms with E-state index in [0.29, 0.717) is 12.1 Å². The van der Waals surface area contributed by atoms with E-state index in [1.807, 2.05) is 0 Å². The van der Waals surface area contributed by atoms with Crippen LogP contribution in [0.25, 0.3) is 5.57 Å². The Morgan fingerprint density at radius 2 is 1.55 bits per heavy atom. The highest BCUT2D eigenvalue weighted by atomic mass is 15.2. The average molecular weight is 273 g/mol. The highest BCUT2D eigenvalue weighted by molar-refractivity contribution is 5.70. The molecule has 1 rings (SSSR count). The standard InChI is InChI=1S/C19H31N/c1-8-18(12-13-20(14(2)3)15(4)5)19-16(6)10-9-11-17(19)7/h8-11,14-15H,12-13H2,1-7H3/b18-8-. The molecule has 1 aromatic rings. The lowest BCUT2D eigenvalue weighted by atomic mass is 9.93. The predicted octanol–water partition coefficient (Wildman–Crippen LogP) is 5.22. The van der Waals surface area contributed by atoms with Gasteiger partial charge in [-0.15, -0.1) is 0 Å². The van der Waals surface area contributed by atoms with Crippen LogP contribution in [-0.4, -0.2) is 23.5 Å². The Morgan fingerprint density at radius 1 is 1.05 bits per heavy atom. The minimum Gasteiger partial charge on any atom is -0.298 e. The van der Waals surface area contributed by atoms with E-state index in [9.17, 15) is 0 Å². The maximum absolute atomic E-state index is 2.57. The van der Waals surface area contributed by atoms with Gasteiger partial charge in [-0.05, 0) is 77.2 Å². The molecule has 20 heavy (non-hydrogen) atoms. The second-order valence-electron chi connectivity index (χ2n) is 6.26. The van der Waals surface area contributed by atoms with E-state index in [1.54, 1.807) is 0 Å². The Kier molecular flexibility index (Phi) is 6.48. The van der Waals surface area contributed by atoms with Gasteiger partial charge in [-0.2, -0.15) is 0 Å². The zero-order chi connectivity index (χ0) is 15.3. The van der Waals surface area contributed by atoms with Gasteiger partial charge in [0.25, 0.3) is 0 Å². The number of aryl methyl sites for hydroxylation is 2. The molecule has 0 amide bonds. The summed E-state index contributed by atoms with van der Waals surface area (Å²) in [5.74, 6) is 0. The summed E-state index contributed by atoms with van der Waals surface area (Å²) in [6.07, 6.45) is 3.41. The molecule has 0 N–H and O–H groups in total. The van der Waals surface area contributed by atoms with Crippen LogP contribution in [0.4, 0.5) is 0 Å².